The third-order valence-corrected chi connectivity index (χ3v) is 1.44. The third kappa shape index (κ3) is 8.79. The molecule has 0 aliphatic rings. The van der Waals surface area contributed by atoms with Crippen LogP contribution in [0.1, 0.15) is 13.8 Å². The zero-order chi connectivity index (χ0) is 6.41. The van der Waals surface area contributed by atoms with Gasteiger partial charge < -0.3 is 13.9 Å². The van der Waals surface area contributed by atoms with E-state index in [1.165, 1.54) is 0 Å². The van der Waals surface area contributed by atoms with Crippen molar-refractivity contribution in [3.05, 3.63) is 0 Å². The molecule has 0 aliphatic carbocycles. The van der Waals surface area contributed by atoms with Crippen molar-refractivity contribution in [1.29, 1.82) is 0 Å². The Bertz CT molecular complexity index is 49.1. The monoisotopic (exact) mass is 218 g/mol. The summed E-state index contributed by atoms with van der Waals surface area (Å²) in [5.41, 5.74) is 0. The molecule has 0 unspecified atom stereocenters. The van der Waals surface area contributed by atoms with Gasteiger partial charge in [0.15, 0.2) is 0 Å². The van der Waals surface area contributed by atoms with Gasteiger partial charge in [0.1, 0.15) is 0 Å². The standard InChI is InChI=1S/C4H11O3P.BrH/c1-3-6-8(5)7-4-2;/h5H,3-4H2,1-2H3;1H. The SMILES string of the molecule is Br.CCOP(O)OCC. The molecular weight excluding hydrogens is 207 g/mol. The van der Waals surface area contributed by atoms with E-state index in [0.717, 1.165) is 0 Å². The molecular formula is C4H12BrO3P. The molecule has 0 atom stereocenters. The van der Waals surface area contributed by atoms with Gasteiger partial charge in [0.25, 0.3) is 0 Å². The molecule has 0 bridgehead atoms. The van der Waals surface area contributed by atoms with Crippen LogP contribution in [0.25, 0.3) is 0 Å². The van der Waals surface area contributed by atoms with Crippen LogP contribution in [0, 0.1) is 0 Å². The molecule has 0 rings (SSSR count). The molecule has 0 fully saturated rings. The van der Waals surface area contributed by atoms with Crippen LogP contribution in [0.5, 0.6) is 0 Å². The van der Waals surface area contributed by atoms with Crippen molar-refractivity contribution in [3.8, 4) is 0 Å². The molecule has 0 saturated heterocycles. The number of hydrogen-bond donors (Lipinski definition) is 1. The highest BCUT2D eigenvalue weighted by Gasteiger charge is 2.00. The molecule has 0 amide bonds. The van der Waals surface area contributed by atoms with Gasteiger partial charge in [-0.2, -0.15) is 0 Å². The topological polar surface area (TPSA) is 38.7 Å². The van der Waals surface area contributed by atoms with Gasteiger partial charge in [0.05, 0.1) is 13.2 Å². The second-order valence-corrected chi connectivity index (χ2v) is 2.07. The van der Waals surface area contributed by atoms with Gasteiger partial charge in [-0.05, 0) is 13.8 Å². The minimum Gasteiger partial charge on any atom is -0.328 e. The van der Waals surface area contributed by atoms with Gasteiger partial charge >= 0.3 is 8.60 Å². The van der Waals surface area contributed by atoms with E-state index in [1.54, 1.807) is 0 Å². The van der Waals surface area contributed by atoms with Crippen LogP contribution in [0.3, 0.4) is 0 Å². The summed E-state index contributed by atoms with van der Waals surface area (Å²) in [7, 11) is -1.58. The Balaban J connectivity index is 0. The molecule has 0 heterocycles. The Morgan fingerprint density at radius 3 is 1.78 bits per heavy atom. The largest absolute Gasteiger partial charge is 0.329 e. The van der Waals surface area contributed by atoms with Crippen LogP contribution < -0.4 is 0 Å². The minimum absolute atomic E-state index is 0. The third-order valence-electron chi connectivity index (χ3n) is 0.479. The summed E-state index contributed by atoms with van der Waals surface area (Å²) >= 11 is 0. The predicted molar refractivity (Wildman–Crippen MR) is 42.7 cm³/mol. The highest BCUT2D eigenvalue weighted by atomic mass is 79.9. The van der Waals surface area contributed by atoms with Gasteiger partial charge in [0.2, 0.25) is 0 Å². The average molecular weight is 219 g/mol. The molecule has 9 heavy (non-hydrogen) atoms. The molecule has 5 heteroatoms. The molecule has 3 nitrogen and oxygen atoms in total. The summed E-state index contributed by atoms with van der Waals surface area (Å²) in [5.74, 6) is 0. The summed E-state index contributed by atoms with van der Waals surface area (Å²) in [6.07, 6.45) is 0. The Kier molecular flexibility index (Phi) is 12.2. The van der Waals surface area contributed by atoms with Crippen molar-refractivity contribution >= 4 is 25.6 Å². The lowest BCUT2D eigenvalue weighted by molar-refractivity contribution is 0.216. The second kappa shape index (κ2) is 8.79. The van der Waals surface area contributed by atoms with E-state index in [2.05, 4.69) is 9.05 Å². The molecule has 0 aromatic rings. The first-order chi connectivity index (χ1) is 3.81. The Morgan fingerprint density at radius 2 is 1.56 bits per heavy atom. The van der Waals surface area contributed by atoms with E-state index in [9.17, 15) is 0 Å². The Morgan fingerprint density at radius 1 is 1.22 bits per heavy atom. The first-order valence-electron chi connectivity index (χ1n) is 2.56. The molecule has 0 aromatic heterocycles. The average Bonchev–Trinajstić information content (AvgIpc) is 1.68. The van der Waals surface area contributed by atoms with Crippen molar-refractivity contribution in [2.45, 2.75) is 13.8 Å². The normalized spacial score (nSPS) is 9.33. The number of hydrogen-bond acceptors (Lipinski definition) is 3. The number of rotatable bonds is 4. The van der Waals surface area contributed by atoms with E-state index < -0.39 is 8.60 Å². The molecule has 58 valence electrons. The summed E-state index contributed by atoms with van der Waals surface area (Å²) in [6.45, 7) is 4.62. The lowest BCUT2D eigenvalue weighted by Gasteiger charge is -2.05. The lowest BCUT2D eigenvalue weighted by Crippen LogP contribution is -1.87. The van der Waals surface area contributed by atoms with Crippen molar-refractivity contribution in [2.75, 3.05) is 13.2 Å². The molecule has 0 spiro atoms. The fourth-order valence-electron chi connectivity index (χ4n) is 0.258. The summed E-state index contributed by atoms with van der Waals surface area (Å²) in [5, 5.41) is 0. The first kappa shape index (κ1) is 12.5. The van der Waals surface area contributed by atoms with Gasteiger partial charge in [-0.1, -0.05) is 0 Å². The van der Waals surface area contributed by atoms with E-state index in [1.807, 2.05) is 13.8 Å². The van der Waals surface area contributed by atoms with Crippen molar-refractivity contribution in [1.82, 2.24) is 0 Å². The van der Waals surface area contributed by atoms with Gasteiger partial charge in [-0.3, -0.25) is 0 Å². The quantitative estimate of drug-likeness (QED) is 0.733. The molecule has 0 radical (unpaired) electrons. The maximum Gasteiger partial charge on any atom is 0.329 e. The summed E-state index contributed by atoms with van der Waals surface area (Å²) in [6, 6.07) is 0. The van der Waals surface area contributed by atoms with Crippen LogP contribution in [0.15, 0.2) is 0 Å². The maximum atomic E-state index is 8.67. The van der Waals surface area contributed by atoms with Crippen molar-refractivity contribution in [3.63, 3.8) is 0 Å². The zero-order valence-electron chi connectivity index (χ0n) is 5.53. The fourth-order valence-corrected chi connectivity index (χ4v) is 0.774. The summed E-state index contributed by atoms with van der Waals surface area (Å²) in [4.78, 5) is 8.67. The van der Waals surface area contributed by atoms with E-state index in [-0.39, 0.29) is 17.0 Å². The second-order valence-electron chi connectivity index (χ2n) is 1.07. The Labute approximate surface area is 67.1 Å². The molecule has 0 saturated carbocycles. The van der Waals surface area contributed by atoms with Crippen LogP contribution in [0.2, 0.25) is 0 Å². The van der Waals surface area contributed by atoms with Crippen molar-refractivity contribution < 1.29 is 13.9 Å². The van der Waals surface area contributed by atoms with Gasteiger partial charge in [-0.25, -0.2) is 0 Å². The number of halogens is 1. The zero-order valence-corrected chi connectivity index (χ0v) is 8.14. The van der Waals surface area contributed by atoms with Crippen LogP contribution >= 0.6 is 25.6 Å². The minimum atomic E-state index is -1.58. The van der Waals surface area contributed by atoms with Gasteiger partial charge in [0, 0.05) is 0 Å². The predicted octanol–water partition coefficient (Wildman–Crippen LogP) is 1.86. The highest BCUT2D eigenvalue weighted by molar-refractivity contribution is 8.93. The maximum absolute atomic E-state index is 8.67. The molecule has 0 aliphatic heterocycles. The first-order valence-corrected chi connectivity index (χ1v) is 3.69. The molecule has 1 N–H and O–H groups in total. The van der Waals surface area contributed by atoms with Crippen LogP contribution in [-0.2, 0) is 9.05 Å². The van der Waals surface area contributed by atoms with E-state index in [4.69, 9.17) is 4.89 Å². The fraction of sp³-hybridized carbons (Fsp3) is 1.00. The van der Waals surface area contributed by atoms with Gasteiger partial charge in [-0.15, -0.1) is 17.0 Å². The Hall–Kier alpha value is 0.790. The van der Waals surface area contributed by atoms with Crippen LogP contribution in [-0.4, -0.2) is 18.1 Å². The van der Waals surface area contributed by atoms with Crippen molar-refractivity contribution in [2.24, 2.45) is 0 Å². The van der Waals surface area contributed by atoms with E-state index >= 15 is 0 Å². The lowest BCUT2D eigenvalue weighted by atomic mass is 10.9. The highest BCUT2D eigenvalue weighted by Crippen LogP contribution is 2.31. The summed E-state index contributed by atoms with van der Waals surface area (Å²) < 4.78 is 9.36. The molecule has 0 aromatic carbocycles. The smallest absolute Gasteiger partial charge is 0.328 e. The van der Waals surface area contributed by atoms with Crippen LogP contribution in [0.4, 0.5) is 0 Å². The van der Waals surface area contributed by atoms with E-state index in [0.29, 0.717) is 13.2 Å².